The van der Waals surface area contributed by atoms with Gasteiger partial charge in [-0.2, -0.15) is 0 Å². The molecule has 0 aliphatic carbocycles. The van der Waals surface area contributed by atoms with Crippen LogP contribution in [0.3, 0.4) is 0 Å². The normalized spacial score (nSPS) is 12.7. The first-order chi connectivity index (χ1) is 13.3. The van der Waals surface area contributed by atoms with Gasteiger partial charge in [-0.15, -0.1) is 0 Å². The number of guanidine groups is 1. The van der Waals surface area contributed by atoms with Crippen molar-refractivity contribution in [2.45, 2.75) is 19.4 Å². The molecule has 0 amide bonds. The van der Waals surface area contributed by atoms with Crippen LogP contribution in [0.2, 0.25) is 0 Å². The molecule has 0 fully saturated rings. The van der Waals surface area contributed by atoms with Gasteiger partial charge in [0.15, 0.2) is 5.96 Å². The van der Waals surface area contributed by atoms with Crippen LogP contribution >= 0.6 is 0 Å². The van der Waals surface area contributed by atoms with Crippen molar-refractivity contribution in [3.05, 3.63) is 78.0 Å². The maximum atomic E-state index is 9.74. The third-order valence-electron chi connectivity index (χ3n) is 4.50. The molecule has 5 heteroatoms. The van der Waals surface area contributed by atoms with Crippen LogP contribution < -0.4 is 10.6 Å². The minimum absolute atomic E-state index is 0.0248. The van der Waals surface area contributed by atoms with E-state index in [9.17, 15) is 5.11 Å². The number of aliphatic imine (C=N–C) groups is 1. The summed E-state index contributed by atoms with van der Waals surface area (Å²) >= 11 is 0. The zero-order valence-corrected chi connectivity index (χ0v) is 15.6. The number of nitrogens with zero attached hydrogens (tertiary/aromatic N) is 2. The van der Waals surface area contributed by atoms with Crippen molar-refractivity contribution in [1.82, 2.24) is 15.6 Å². The van der Waals surface area contributed by atoms with Crippen LogP contribution in [-0.2, 0) is 6.54 Å². The van der Waals surface area contributed by atoms with Gasteiger partial charge in [-0.25, -0.2) is 4.99 Å². The monoisotopic (exact) mass is 362 g/mol. The summed E-state index contributed by atoms with van der Waals surface area (Å²) in [6, 6.07) is 20.1. The van der Waals surface area contributed by atoms with Crippen molar-refractivity contribution >= 4 is 16.9 Å². The van der Waals surface area contributed by atoms with Gasteiger partial charge in [0, 0.05) is 30.6 Å². The maximum absolute atomic E-state index is 9.74. The van der Waals surface area contributed by atoms with E-state index >= 15 is 0 Å². The van der Waals surface area contributed by atoms with Crippen LogP contribution in [0.4, 0.5) is 0 Å². The van der Waals surface area contributed by atoms with Gasteiger partial charge >= 0.3 is 0 Å². The topological polar surface area (TPSA) is 69.5 Å². The lowest BCUT2D eigenvalue weighted by atomic mass is 10.0. The van der Waals surface area contributed by atoms with Crippen LogP contribution in [0.25, 0.3) is 10.9 Å². The Hall–Kier alpha value is -2.92. The van der Waals surface area contributed by atoms with E-state index in [-0.39, 0.29) is 12.5 Å². The molecule has 0 spiro atoms. The molecule has 1 atom stereocenters. The smallest absolute Gasteiger partial charge is 0.191 e. The van der Waals surface area contributed by atoms with Crippen molar-refractivity contribution in [3.8, 4) is 0 Å². The molecule has 27 heavy (non-hydrogen) atoms. The first-order valence-electron chi connectivity index (χ1n) is 9.32. The van der Waals surface area contributed by atoms with Crippen molar-refractivity contribution in [2.24, 2.45) is 4.99 Å². The van der Waals surface area contributed by atoms with E-state index in [1.165, 1.54) is 0 Å². The number of pyridine rings is 1. The summed E-state index contributed by atoms with van der Waals surface area (Å²) < 4.78 is 0. The van der Waals surface area contributed by atoms with Gasteiger partial charge in [-0.3, -0.25) is 4.98 Å². The summed E-state index contributed by atoms with van der Waals surface area (Å²) in [6.07, 6.45) is 1.82. The van der Waals surface area contributed by atoms with Crippen molar-refractivity contribution in [1.29, 1.82) is 0 Å². The molecule has 3 N–H and O–H groups in total. The Bertz CT molecular complexity index is 874. The number of fused-ring (bicyclic) bond motifs is 1. The number of aromatic nitrogens is 1. The average molecular weight is 362 g/mol. The van der Waals surface area contributed by atoms with Crippen LogP contribution in [0, 0.1) is 0 Å². The number of hydrogen-bond acceptors (Lipinski definition) is 3. The molecule has 1 heterocycles. The van der Waals surface area contributed by atoms with Gasteiger partial charge in [0.1, 0.15) is 0 Å². The van der Waals surface area contributed by atoms with Gasteiger partial charge in [0.2, 0.25) is 0 Å². The SMILES string of the molecule is CCNC(=NCc1ccnc2ccccc12)NCC(CO)c1ccccc1. The molecule has 0 radical (unpaired) electrons. The number of aliphatic hydroxyl groups excluding tert-OH is 1. The lowest BCUT2D eigenvalue weighted by Gasteiger charge is -2.18. The van der Waals surface area contributed by atoms with Crippen molar-refractivity contribution in [3.63, 3.8) is 0 Å². The summed E-state index contributed by atoms with van der Waals surface area (Å²) in [6.45, 7) is 4.08. The first kappa shape index (κ1) is 18.9. The van der Waals surface area contributed by atoms with Crippen LogP contribution in [-0.4, -0.2) is 35.7 Å². The summed E-state index contributed by atoms with van der Waals surface area (Å²) in [5, 5.41) is 17.5. The predicted octanol–water partition coefficient (Wildman–Crippen LogP) is 3.07. The van der Waals surface area contributed by atoms with E-state index in [2.05, 4.69) is 21.7 Å². The molecule has 2 aromatic carbocycles. The van der Waals surface area contributed by atoms with Crippen molar-refractivity contribution < 1.29 is 5.11 Å². The van der Waals surface area contributed by atoms with E-state index in [1.54, 1.807) is 0 Å². The van der Waals surface area contributed by atoms with E-state index in [0.717, 1.165) is 34.5 Å². The molecule has 0 aliphatic heterocycles. The van der Waals surface area contributed by atoms with Crippen LogP contribution in [0.1, 0.15) is 24.0 Å². The summed E-state index contributed by atoms with van der Waals surface area (Å²) in [5.41, 5.74) is 3.23. The number of para-hydroxylation sites is 1. The highest BCUT2D eigenvalue weighted by Crippen LogP contribution is 2.17. The predicted molar refractivity (Wildman–Crippen MR) is 111 cm³/mol. The third kappa shape index (κ3) is 5.05. The average Bonchev–Trinajstić information content (AvgIpc) is 2.73. The highest BCUT2D eigenvalue weighted by molar-refractivity contribution is 5.83. The Balaban J connectivity index is 1.71. The number of rotatable bonds is 7. The first-order valence-corrected chi connectivity index (χ1v) is 9.32. The van der Waals surface area contributed by atoms with E-state index < -0.39 is 0 Å². The minimum Gasteiger partial charge on any atom is -0.396 e. The number of benzene rings is 2. The third-order valence-corrected chi connectivity index (χ3v) is 4.50. The molecule has 140 valence electrons. The fourth-order valence-electron chi connectivity index (χ4n) is 3.03. The second-order valence-corrected chi connectivity index (χ2v) is 6.35. The van der Waals surface area contributed by atoms with Gasteiger partial charge in [-0.1, -0.05) is 48.5 Å². The number of nitrogens with one attached hydrogen (secondary N) is 2. The quantitative estimate of drug-likeness (QED) is 0.446. The molecule has 1 aromatic heterocycles. The fraction of sp³-hybridized carbons (Fsp3) is 0.273. The van der Waals surface area contributed by atoms with Gasteiger partial charge < -0.3 is 15.7 Å². The standard InChI is InChI=1S/C22H26N4O/c1-2-23-22(26-15-19(16-27)17-8-4-3-5-9-17)25-14-18-12-13-24-21-11-7-6-10-20(18)21/h3-13,19,27H,2,14-16H2,1H3,(H2,23,25,26). The Morgan fingerprint density at radius 3 is 2.59 bits per heavy atom. The minimum atomic E-state index is 0.0248. The molecule has 0 saturated carbocycles. The second-order valence-electron chi connectivity index (χ2n) is 6.35. The summed E-state index contributed by atoms with van der Waals surface area (Å²) in [7, 11) is 0. The Morgan fingerprint density at radius 1 is 1.04 bits per heavy atom. The number of aliphatic hydroxyl groups is 1. The highest BCUT2D eigenvalue weighted by atomic mass is 16.3. The Morgan fingerprint density at radius 2 is 1.81 bits per heavy atom. The summed E-state index contributed by atoms with van der Waals surface area (Å²) in [4.78, 5) is 9.12. The van der Waals surface area contributed by atoms with E-state index in [0.29, 0.717) is 13.1 Å². The molecular formula is C22H26N4O. The molecule has 3 rings (SSSR count). The molecule has 0 bridgehead atoms. The molecular weight excluding hydrogens is 336 g/mol. The van der Waals surface area contributed by atoms with Crippen LogP contribution in [0.5, 0.6) is 0 Å². The lowest BCUT2D eigenvalue weighted by molar-refractivity contribution is 0.265. The zero-order valence-electron chi connectivity index (χ0n) is 15.6. The van der Waals surface area contributed by atoms with Gasteiger partial charge in [0.05, 0.1) is 18.7 Å². The van der Waals surface area contributed by atoms with Gasteiger partial charge in [0.25, 0.3) is 0 Å². The zero-order chi connectivity index (χ0) is 18.9. The Kier molecular flexibility index (Phi) is 6.77. The fourth-order valence-corrected chi connectivity index (χ4v) is 3.03. The maximum Gasteiger partial charge on any atom is 0.191 e. The summed E-state index contributed by atoms with van der Waals surface area (Å²) in [5.74, 6) is 0.768. The Labute approximate surface area is 160 Å². The second kappa shape index (κ2) is 9.69. The van der Waals surface area contributed by atoms with Crippen LogP contribution in [0.15, 0.2) is 71.9 Å². The number of hydrogen-bond donors (Lipinski definition) is 3. The van der Waals surface area contributed by atoms with E-state index in [1.807, 2.05) is 67.7 Å². The van der Waals surface area contributed by atoms with Crippen molar-refractivity contribution in [2.75, 3.05) is 19.7 Å². The molecule has 3 aromatic rings. The molecule has 1 unspecified atom stereocenters. The molecule has 5 nitrogen and oxygen atoms in total. The van der Waals surface area contributed by atoms with Gasteiger partial charge in [-0.05, 0) is 30.2 Å². The molecule has 0 aliphatic rings. The largest absolute Gasteiger partial charge is 0.396 e. The highest BCUT2D eigenvalue weighted by Gasteiger charge is 2.11. The lowest BCUT2D eigenvalue weighted by Crippen LogP contribution is -2.39. The van der Waals surface area contributed by atoms with E-state index in [4.69, 9.17) is 4.99 Å². The molecule has 0 saturated heterocycles.